The number of morpholine rings is 1. The minimum Gasteiger partial charge on any atom is -0.382 e. The van der Waals surface area contributed by atoms with Gasteiger partial charge in [0.25, 0.3) is 5.91 Å². The molecule has 1 unspecified atom stereocenters. The SMILES string of the molecule is O=C(c1nc(Cn2nc(-c3ccc(Cl)cc3)n(CC(O)C(F)(F)F)c2=O)nn1-c1cccc(Cl)c1)N1CCOCC1. The minimum atomic E-state index is -4.97. The first kappa shape index (κ1) is 28.8. The van der Waals surface area contributed by atoms with E-state index in [4.69, 9.17) is 27.9 Å². The van der Waals surface area contributed by atoms with Crippen LogP contribution in [-0.4, -0.2) is 83.6 Å². The molecular formula is C25H22Cl2F3N7O4. The van der Waals surface area contributed by atoms with Crippen molar-refractivity contribution >= 4 is 29.1 Å². The van der Waals surface area contributed by atoms with Gasteiger partial charge in [-0.05, 0) is 42.5 Å². The Hall–Kier alpha value is -3.72. The Morgan fingerprint density at radius 2 is 1.76 bits per heavy atom. The van der Waals surface area contributed by atoms with Crippen molar-refractivity contribution in [2.75, 3.05) is 26.3 Å². The molecule has 1 fully saturated rings. The monoisotopic (exact) mass is 611 g/mol. The molecule has 1 N–H and O–H groups in total. The third kappa shape index (κ3) is 6.30. The predicted molar refractivity (Wildman–Crippen MR) is 141 cm³/mol. The smallest absolute Gasteiger partial charge is 0.382 e. The summed E-state index contributed by atoms with van der Waals surface area (Å²) in [7, 11) is 0. The van der Waals surface area contributed by atoms with Gasteiger partial charge in [0.2, 0.25) is 5.82 Å². The summed E-state index contributed by atoms with van der Waals surface area (Å²) in [6.45, 7) is -0.0856. The Bertz CT molecular complexity index is 1610. The van der Waals surface area contributed by atoms with E-state index in [0.29, 0.717) is 47.6 Å². The van der Waals surface area contributed by atoms with Crippen LogP contribution in [0.4, 0.5) is 13.2 Å². The molecule has 5 rings (SSSR count). The Balaban J connectivity index is 1.56. The standard InChI is InChI=1S/C25H22Cl2F3N7O4/c26-16-6-4-15(5-7-16)21-33-36(24(40)35(21)13-19(38)25(28,29)30)14-20-31-22(23(39)34-8-10-41-11-9-34)37(32-20)18-3-1-2-17(27)12-18/h1-7,12,19,38H,8-11,13-14H2. The number of aliphatic hydroxyl groups is 1. The summed E-state index contributed by atoms with van der Waals surface area (Å²) in [5.74, 6) is -0.622. The molecule has 11 nitrogen and oxygen atoms in total. The highest BCUT2D eigenvalue weighted by atomic mass is 35.5. The second-order valence-corrected chi connectivity index (χ2v) is 9.96. The molecule has 0 bridgehead atoms. The van der Waals surface area contributed by atoms with E-state index in [0.717, 1.165) is 9.25 Å². The van der Waals surface area contributed by atoms with Gasteiger partial charge in [0.15, 0.2) is 17.8 Å². The van der Waals surface area contributed by atoms with Gasteiger partial charge >= 0.3 is 11.9 Å². The van der Waals surface area contributed by atoms with Crippen molar-refractivity contribution in [3.8, 4) is 17.1 Å². The summed E-state index contributed by atoms with van der Waals surface area (Å²) in [5, 5.41) is 19.1. The van der Waals surface area contributed by atoms with Crippen LogP contribution in [0.25, 0.3) is 17.1 Å². The van der Waals surface area contributed by atoms with Gasteiger partial charge < -0.3 is 14.7 Å². The zero-order chi connectivity index (χ0) is 29.3. The zero-order valence-corrected chi connectivity index (χ0v) is 22.6. The number of nitrogens with zero attached hydrogens (tertiary/aromatic N) is 7. The van der Waals surface area contributed by atoms with Crippen LogP contribution in [0.1, 0.15) is 16.4 Å². The molecule has 1 atom stereocenters. The molecule has 4 aromatic rings. The molecule has 0 spiro atoms. The number of halogens is 5. The van der Waals surface area contributed by atoms with Crippen molar-refractivity contribution in [1.82, 2.24) is 34.0 Å². The lowest BCUT2D eigenvalue weighted by Crippen LogP contribution is -2.41. The molecule has 1 amide bonds. The summed E-state index contributed by atoms with van der Waals surface area (Å²) >= 11 is 12.1. The summed E-state index contributed by atoms with van der Waals surface area (Å²) < 4.78 is 47.8. The van der Waals surface area contributed by atoms with Crippen molar-refractivity contribution in [2.24, 2.45) is 0 Å². The Morgan fingerprint density at radius 1 is 1.05 bits per heavy atom. The summed E-state index contributed by atoms with van der Waals surface area (Å²) in [4.78, 5) is 32.6. The quantitative estimate of drug-likeness (QED) is 0.341. The van der Waals surface area contributed by atoms with Gasteiger partial charge in [-0.15, -0.1) is 10.2 Å². The van der Waals surface area contributed by atoms with Gasteiger partial charge in [-0.1, -0.05) is 29.3 Å². The molecule has 216 valence electrons. The van der Waals surface area contributed by atoms with Gasteiger partial charge in [-0.2, -0.15) is 13.2 Å². The normalized spacial score (nSPS) is 14.8. The van der Waals surface area contributed by atoms with Crippen molar-refractivity contribution in [3.63, 3.8) is 0 Å². The number of benzene rings is 2. The molecular weight excluding hydrogens is 590 g/mol. The van der Waals surface area contributed by atoms with E-state index in [1.54, 1.807) is 29.2 Å². The molecule has 3 heterocycles. The number of ether oxygens (including phenoxy) is 1. The Labute approximate surface area is 240 Å². The van der Waals surface area contributed by atoms with Crippen LogP contribution in [0.15, 0.2) is 53.3 Å². The predicted octanol–water partition coefficient (Wildman–Crippen LogP) is 3.04. The third-order valence-electron chi connectivity index (χ3n) is 6.24. The van der Waals surface area contributed by atoms with E-state index in [2.05, 4.69) is 15.2 Å². The van der Waals surface area contributed by atoms with Gasteiger partial charge in [0.1, 0.15) is 6.54 Å². The number of amides is 1. The van der Waals surface area contributed by atoms with Crippen LogP contribution in [0.5, 0.6) is 0 Å². The second-order valence-electron chi connectivity index (χ2n) is 9.09. The van der Waals surface area contributed by atoms with Crippen LogP contribution >= 0.6 is 23.2 Å². The Morgan fingerprint density at radius 3 is 2.41 bits per heavy atom. The number of carbonyl (C=O) groups is 1. The maximum absolute atomic E-state index is 13.4. The number of aromatic nitrogens is 6. The van der Waals surface area contributed by atoms with Gasteiger partial charge in [0.05, 0.1) is 25.4 Å². The molecule has 0 radical (unpaired) electrons. The van der Waals surface area contributed by atoms with Crippen LogP contribution < -0.4 is 5.69 Å². The lowest BCUT2D eigenvalue weighted by Gasteiger charge is -2.26. The Kier molecular flexibility index (Phi) is 8.18. The number of hydrogen-bond acceptors (Lipinski definition) is 7. The molecule has 2 aromatic heterocycles. The average Bonchev–Trinajstić information content (AvgIpc) is 3.50. The summed E-state index contributed by atoms with van der Waals surface area (Å²) in [5.41, 5.74) is -0.223. The first-order valence-corrected chi connectivity index (χ1v) is 13.0. The topological polar surface area (TPSA) is 120 Å². The molecule has 0 aliphatic carbocycles. The minimum absolute atomic E-state index is 0.00707. The number of hydrogen-bond donors (Lipinski definition) is 1. The van der Waals surface area contributed by atoms with Gasteiger partial charge in [0, 0.05) is 28.7 Å². The highest BCUT2D eigenvalue weighted by Gasteiger charge is 2.39. The number of carbonyl (C=O) groups excluding carboxylic acids is 1. The van der Waals surface area contributed by atoms with Crippen LogP contribution in [0, 0.1) is 0 Å². The molecule has 16 heteroatoms. The molecule has 0 saturated carbocycles. The molecule has 1 aliphatic heterocycles. The van der Waals surface area contributed by atoms with Crippen LogP contribution in [0.3, 0.4) is 0 Å². The second kappa shape index (κ2) is 11.6. The molecule has 2 aromatic carbocycles. The van der Waals surface area contributed by atoms with Crippen molar-refractivity contribution in [2.45, 2.75) is 25.4 Å². The molecule has 41 heavy (non-hydrogen) atoms. The summed E-state index contributed by atoms with van der Waals surface area (Å²) in [6.07, 6.45) is -7.79. The van der Waals surface area contributed by atoms with E-state index in [9.17, 15) is 27.9 Å². The van der Waals surface area contributed by atoms with Gasteiger partial charge in [-0.25, -0.2) is 19.1 Å². The van der Waals surface area contributed by atoms with Crippen LogP contribution in [-0.2, 0) is 17.8 Å². The van der Waals surface area contributed by atoms with Crippen molar-refractivity contribution < 1.29 is 27.8 Å². The lowest BCUT2D eigenvalue weighted by molar-refractivity contribution is -0.207. The van der Waals surface area contributed by atoms with E-state index in [-0.39, 0.29) is 24.0 Å². The highest BCUT2D eigenvalue weighted by molar-refractivity contribution is 6.31. The fourth-order valence-corrected chi connectivity index (χ4v) is 4.50. The average molecular weight is 612 g/mol. The fraction of sp³-hybridized carbons (Fsp3) is 0.320. The van der Waals surface area contributed by atoms with Crippen molar-refractivity contribution in [1.29, 1.82) is 0 Å². The van der Waals surface area contributed by atoms with Gasteiger partial charge in [-0.3, -0.25) is 9.36 Å². The highest BCUT2D eigenvalue weighted by Crippen LogP contribution is 2.24. The van der Waals surface area contributed by atoms with E-state index < -0.39 is 30.4 Å². The summed E-state index contributed by atoms with van der Waals surface area (Å²) in [6, 6.07) is 12.5. The maximum atomic E-state index is 13.4. The number of alkyl halides is 3. The third-order valence-corrected chi connectivity index (χ3v) is 6.73. The first-order chi connectivity index (χ1) is 19.5. The molecule has 1 saturated heterocycles. The molecule has 1 aliphatic rings. The van der Waals surface area contributed by atoms with Crippen molar-refractivity contribution in [3.05, 3.63) is 80.7 Å². The fourth-order valence-electron chi connectivity index (χ4n) is 4.19. The number of aliphatic hydroxyl groups excluding tert-OH is 1. The van der Waals surface area contributed by atoms with E-state index in [1.165, 1.54) is 28.9 Å². The number of rotatable bonds is 7. The van der Waals surface area contributed by atoms with Crippen LogP contribution in [0.2, 0.25) is 10.0 Å². The van der Waals surface area contributed by atoms with E-state index >= 15 is 0 Å². The largest absolute Gasteiger partial charge is 0.416 e. The maximum Gasteiger partial charge on any atom is 0.416 e. The first-order valence-electron chi connectivity index (χ1n) is 12.3. The zero-order valence-electron chi connectivity index (χ0n) is 21.1. The van der Waals surface area contributed by atoms with E-state index in [1.807, 2.05) is 0 Å². The lowest BCUT2D eigenvalue weighted by atomic mass is 10.2.